The van der Waals surface area contributed by atoms with E-state index < -0.39 is 0 Å². The van der Waals surface area contributed by atoms with E-state index in [0.717, 1.165) is 66.1 Å². The molecule has 7 heteroatoms. The fourth-order valence-electron chi connectivity index (χ4n) is 5.52. The molecule has 7 nitrogen and oxygen atoms in total. The zero-order valence-corrected chi connectivity index (χ0v) is 22.9. The second kappa shape index (κ2) is 12.2. The summed E-state index contributed by atoms with van der Waals surface area (Å²) in [7, 11) is 3.36. The molecule has 1 atom stereocenters. The lowest BCUT2D eigenvalue weighted by Gasteiger charge is -2.38. The monoisotopic (exact) mass is 524 g/mol. The van der Waals surface area contributed by atoms with Gasteiger partial charge in [-0.1, -0.05) is 48.5 Å². The first kappa shape index (κ1) is 26.5. The minimum Gasteiger partial charge on any atom is -0.493 e. The van der Waals surface area contributed by atoms with Crippen LogP contribution in [0.5, 0.6) is 11.5 Å². The lowest BCUT2D eigenvalue weighted by Crippen LogP contribution is -2.42. The van der Waals surface area contributed by atoms with Crippen LogP contribution in [0, 0.1) is 6.92 Å². The molecule has 0 spiro atoms. The summed E-state index contributed by atoms with van der Waals surface area (Å²) in [6.07, 6.45) is 2.87. The van der Waals surface area contributed by atoms with Crippen LogP contribution in [0.1, 0.15) is 34.8 Å². The second-order valence-electron chi connectivity index (χ2n) is 9.94. The number of fused-ring (bicyclic) bond motifs is 2. The molecule has 2 heterocycles. The number of anilines is 1. The summed E-state index contributed by atoms with van der Waals surface area (Å²) in [4.78, 5) is 19.9. The summed E-state index contributed by atoms with van der Waals surface area (Å²) in [6, 6.07) is 24.6. The van der Waals surface area contributed by atoms with E-state index in [1.54, 1.807) is 14.2 Å². The molecule has 1 aliphatic heterocycles. The van der Waals surface area contributed by atoms with Crippen molar-refractivity contribution in [1.29, 1.82) is 0 Å². The van der Waals surface area contributed by atoms with Gasteiger partial charge in [0.15, 0.2) is 11.5 Å². The fourth-order valence-corrected chi connectivity index (χ4v) is 5.52. The standard InChI is InChI=1S/C32H36N4O3/c1-22-19-28(25-11-7-8-12-27(25)34-22)35-32(37)33-16-18-36-17-15-24-20-30(38-2)31(39-3)21-26(24)29(36)14-13-23-9-5-4-6-10-23/h4-12,19-21,29H,13-18H2,1-3H3,(H2,33,34,35,37). The molecule has 1 aromatic heterocycles. The van der Waals surface area contributed by atoms with Crippen LogP contribution in [0.15, 0.2) is 72.8 Å². The predicted octanol–water partition coefficient (Wildman–Crippen LogP) is 5.91. The molecule has 0 fully saturated rings. The number of urea groups is 1. The van der Waals surface area contributed by atoms with Gasteiger partial charge < -0.3 is 20.1 Å². The van der Waals surface area contributed by atoms with Gasteiger partial charge in [-0.25, -0.2) is 4.79 Å². The van der Waals surface area contributed by atoms with Crippen molar-refractivity contribution in [2.24, 2.45) is 0 Å². The first-order valence-corrected chi connectivity index (χ1v) is 13.5. The highest BCUT2D eigenvalue weighted by Gasteiger charge is 2.29. The minimum atomic E-state index is -0.213. The zero-order valence-electron chi connectivity index (χ0n) is 22.9. The van der Waals surface area contributed by atoms with Crippen molar-refractivity contribution >= 4 is 22.6 Å². The van der Waals surface area contributed by atoms with E-state index in [2.05, 4.69) is 63.0 Å². The quantitative estimate of drug-likeness (QED) is 0.285. The fraction of sp³-hybridized carbons (Fsp3) is 0.312. The molecule has 4 aromatic rings. The average molecular weight is 525 g/mol. The Balaban J connectivity index is 1.28. The van der Waals surface area contributed by atoms with E-state index in [4.69, 9.17) is 9.47 Å². The van der Waals surface area contributed by atoms with Crippen molar-refractivity contribution in [2.75, 3.05) is 39.2 Å². The second-order valence-corrected chi connectivity index (χ2v) is 9.94. The van der Waals surface area contributed by atoms with Crippen molar-refractivity contribution in [2.45, 2.75) is 32.2 Å². The van der Waals surface area contributed by atoms with E-state index in [1.807, 2.05) is 37.3 Å². The van der Waals surface area contributed by atoms with E-state index in [-0.39, 0.29) is 12.1 Å². The number of amides is 2. The van der Waals surface area contributed by atoms with Gasteiger partial charge in [-0.3, -0.25) is 9.88 Å². The van der Waals surface area contributed by atoms with Gasteiger partial charge in [0.25, 0.3) is 0 Å². The van der Waals surface area contributed by atoms with Crippen molar-refractivity contribution in [3.63, 3.8) is 0 Å². The Morgan fingerprint density at radius 1 is 1.00 bits per heavy atom. The maximum atomic E-state index is 12.9. The molecule has 202 valence electrons. The summed E-state index contributed by atoms with van der Waals surface area (Å²) in [6.45, 7) is 4.14. The number of carbonyl (C=O) groups is 1. The molecular weight excluding hydrogens is 488 g/mol. The first-order chi connectivity index (χ1) is 19.1. The third-order valence-corrected chi connectivity index (χ3v) is 7.44. The molecule has 0 aliphatic carbocycles. The van der Waals surface area contributed by atoms with Crippen LogP contribution in [-0.4, -0.2) is 49.8 Å². The number of para-hydroxylation sites is 1. The van der Waals surface area contributed by atoms with Gasteiger partial charge >= 0.3 is 6.03 Å². The van der Waals surface area contributed by atoms with Gasteiger partial charge in [0.2, 0.25) is 0 Å². The number of aromatic nitrogens is 1. The summed E-state index contributed by atoms with van der Waals surface area (Å²) in [5.41, 5.74) is 6.40. The number of methoxy groups -OCH3 is 2. The Morgan fingerprint density at radius 2 is 1.74 bits per heavy atom. The molecule has 0 bridgehead atoms. The number of hydrogen-bond acceptors (Lipinski definition) is 5. The number of pyridine rings is 1. The van der Waals surface area contributed by atoms with Crippen molar-refractivity contribution < 1.29 is 14.3 Å². The Bertz CT molecular complexity index is 1440. The van der Waals surface area contributed by atoms with E-state index in [9.17, 15) is 4.79 Å². The van der Waals surface area contributed by atoms with Gasteiger partial charge in [0.05, 0.1) is 25.4 Å². The van der Waals surface area contributed by atoms with Gasteiger partial charge in [0.1, 0.15) is 0 Å². The molecule has 1 unspecified atom stereocenters. The van der Waals surface area contributed by atoms with Crippen molar-refractivity contribution in [3.8, 4) is 11.5 Å². The van der Waals surface area contributed by atoms with Gasteiger partial charge in [-0.15, -0.1) is 0 Å². The maximum absolute atomic E-state index is 12.9. The number of ether oxygens (including phenoxy) is 2. The summed E-state index contributed by atoms with van der Waals surface area (Å²) < 4.78 is 11.2. The van der Waals surface area contributed by atoms with Crippen LogP contribution in [0.25, 0.3) is 10.9 Å². The largest absolute Gasteiger partial charge is 0.493 e. The Hall–Kier alpha value is -4.10. The molecular formula is C32H36N4O3. The summed E-state index contributed by atoms with van der Waals surface area (Å²) in [5, 5.41) is 7.02. The van der Waals surface area contributed by atoms with Gasteiger partial charge in [0, 0.05) is 36.8 Å². The first-order valence-electron chi connectivity index (χ1n) is 13.5. The lowest BCUT2D eigenvalue weighted by molar-refractivity contribution is 0.176. The highest BCUT2D eigenvalue weighted by molar-refractivity contribution is 6.00. The predicted molar refractivity (Wildman–Crippen MR) is 156 cm³/mol. The molecule has 2 amide bonds. The number of hydrogen-bond donors (Lipinski definition) is 2. The number of carbonyl (C=O) groups excluding carboxylic acids is 1. The molecule has 0 radical (unpaired) electrons. The highest BCUT2D eigenvalue weighted by Crippen LogP contribution is 2.39. The smallest absolute Gasteiger partial charge is 0.319 e. The van der Waals surface area contributed by atoms with E-state index >= 15 is 0 Å². The van der Waals surface area contributed by atoms with Crippen LogP contribution in [0.4, 0.5) is 10.5 Å². The topological polar surface area (TPSA) is 75.7 Å². The van der Waals surface area contributed by atoms with Crippen molar-refractivity contribution in [1.82, 2.24) is 15.2 Å². The number of nitrogens with one attached hydrogen (secondary N) is 2. The summed E-state index contributed by atoms with van der Waals surface area (Å²) in [5.74, 6) is 1.52. The van der Waals surface area contributed by atoms with Crippen LogP contribution in [0.3, 0.4) is 0 Å². The van der Waals surface area contributed by atoms with Crippen LogP contribution in [0.2, 0.25) is 0 Å². The average Bonchev–Trinajstić information content (AvgIpc) is 2.96. The molecule has 0 saturated heterocycles. The highest BCUT2D eigenvalue weighted by atomic mass is 16.5. The Kier molecular flexibility index (Phi) is 8.27. The molecule has 1 aliphatic rings. The van der Waals surface area contributed by atoms with E-state index in [1.165, 1.54) is 16.7 Å². The molecule has 3 aromatic carbocycles. The van der Waals surface area contributed by atoms with Crippen LogP contribution in [-0.2, 0) is 12.8 Å². The van der Waals surface area contributed by atoms with Crippen LogP contribution < -0.4 is 20.1 Å². The third kappa shape index (κ3) is 6.15. The van der Waals surface area contributed by atoms with Crippen molar-refractivity contribution in [3.05, 3.63) is 95.2 Å². The normalized spacial score (nSPS) is 15.0. The molecule has 2 N–H and O–H groups in total. The zero-order chi connectivity index (χ0) is 27.2. The Labute approximate surface area is 230 Å². The number of nitrogens with zero attached hydrogens (tertiary/aromatic N) is 2. The molecule has 39 heavy (non-hydrogen) atoms. The maximum Gasteiger partial charge on any atom is 0.319 e. The van der Waals surface area contributed by atoms with Gasteiger partial charge in [-0.05, 0) is 67.1 Å². The molecule has 5 rings (SSSR count). The number of aryl methyl sites for hydroxylation is 2. The minimum absolute atomic E-state index is 0.213. The van der Waals surface area contributed by atoms with Crippen LogP contribution >= 0.6 is 0 Å². The summed E-state index contributed by atoms with van der Waals surface area (Å²) >= 11 is 0. The number of benzene rings is 3. The Morgan fingerprint density at radius 3 is 2.54 bits per heavy atom. The SMILES string of the molecule is COc1cc2c(cc1OC)C(CCc1ccccc1)N(CCNC(=O)Nc1cc(C)nc3ccccc13)CC2. The van der Waals surface area contributed by atoms with E-state index in [0.29, 0.717) is 6.54 Å². The third-order valence-electron chi connectivity index (χ3n) is 7.44. The lowest BCUT2D eigenvalue weighted by atomic mass is 9.88. The number of rotatable bonds is 9. The van der Waals surface area contributed by atoms with Gasteiger partial charge in [-0.2, -0.15) is 0 Å². The molecule has 0 saturated carbocycles.